The van der Waals surface area contributed by atoms with Gasteiger partial charge in [0.05, 0.1) is 6.04 Å². The van der Waals surface area contributed by atoms with E-state index in [1.54, 1.807) is 61.2 Å². The second-order valence-corrected chi connectivity index (χ2v) is 7.26. The number of rotatable bonds is 8. The van der Waals surface area contributed by atoms with E-state index < -0.39 is 11.6 Å². The first-order valence-corrected chi connectivity index (χ1v) is 10.2. The molecular weight excluding hydrogens is 402 g/mol. The van der Waals surface area contributed by atoms with Gasteiger partial charge in [-0.15, -0.1) is 0 Å². The Morgan fingerprint density at radius 1 is 0.844 bits per heavy atom. The number of hydrogen-bond acceptors (Lipinski definition) is 5. The Morgan fingerprint density at radius 2 is 1.41 bits per heavy atom. The topological polar surface area (TPSA) is 84.3 Å². The van der Waals surface area contributed by atoms with Gasteiger partial charge in [-0.1, -0.05) is 60.7 Å². The van der Waals surface area contributed by atoms with Crippen molar-refractivity contribution in [3.05, 3.63) is 126 Å². The number of aliphatic hydroxyl groups is 1. The van der Waals surface area contributed by atoms with Gasteiger partial charge < -0.3 is 15.2 Å². The second kappa shape index (κ2) is 9.85. The van der Waals surface area contributed by atoms with E-state index in [0.717, 1.165) is 5.56 Å². The van der Waals surface area contributed by atoms with Crippen LogP contribution in [-0.2, 0) is 10.4 Å². The zero-order valence-electron chi connectivity index (χ0n) is 17.3. The highest BCUT2D eigenvalue weighted by atomic mass is 16.5. The molecule has 0 fully saturated rings. The summed E-state index contributed by atoms with van der Waals surface area (Å²) in [5, 5.41) is 15.1. The van der Waals surface area contributed by atoms with Crippen molar-refractivity contribution in [2.75, 3.05) is 6.61 Å². The fourth-order valence-corrected chi connectivity index (χ4v) is 3.62. The van der Waals surface area contributed by atoms with Crippen LogP contribution in [0.25, 0.3) is 0 Å². The Hall–Kier alpha value is -4.03. The molecule has 0 bridgehead atoms. The molecule has 0 aliphatic rings. The minimum atomic E-state index is -1.62. The largest absolute Gasteiger partial charge is 0.484 e. The number of aromatic nitrogens is 2. The van der Waals surface area contributed by atoms with E-state index in [9.17, 15) is 9.90 Å². The molecular formula is C26H23N3O3. The van der Waals surface area contributed by atoms with Gasteiger partial charge in [0.25, 0.3) is 5.91 Å². The van der Waals surface area contributed by atoms with Gasteiger partial charge in [0, 0.05) is 35.9 Å². The van der Waals surface area contributed by atoms with Gasteiger partial charge in [-0.2, -0.15) is 0 Å². The molecule has 1 atom stereocenters. The van der Waals surface area contributed by atoms with Crippen molar-refractivity contribution in [3.63, 3.8) is 0 Å². The summed E-state index contributed by atoms with van der Waals surface area (Å²) in [7, 11) is 0. The zero-order chi connectivity index (χ0) is 22.2. The highest BCUT2D eigenvalue weighted by molar-refractivity contribution is 5.78. The van der Waals surface area contributed by atoms with Crippen molar-refractivity contribution in [2.45, 2.75) is 11.6 Å². The van der Waals surface area contributed by atoms with Crippen molar-refractivity contribution < 1.29 is 14.6 Å². The molecule has 0 spiro atoms. The molecule has 0 saturated heterocycles. The number of hydrogen-bond donors (Lipinski definition) is 2. The number of nitrogens with zero attached hydrogens (tertiary/aromatic N) is 2. The quantitative estimate of drug-likeness (QED) is 0.450. The average molecular weight is 425 g/mol. The Bertz CT molecular complexity index is 1080. The molecule has 2 N–H and O–H groups in total. The second-order valence-electron chi connectivity index (χ2n) is 7.26. The van der Waals surface area contributed by atoms with E-state index in [-0.39, 0.29) is 12.5 Å². The lowest BCUT2D eigenvalue weighted by Crippen LogP contribution is -2.46. The number of benzene rings is 2. The molecule has 0 radical (unpaired) electrons. The maximum Gasteiger partial charge on any atom is 0.258 e. The highest BCUT2D eigenvalue weighted by Crippen LogP contribution is 2.40. The third-order valence-electron chi connectivity index (χ3n) is 5.17. The summed E-state index contributed by atoms with van der Waals surface area (Å²) in [6, 6.07) is 24.7. The molecule has 160 valence electrons. The third-order valence-corrected chi connectivity index (χ3v) is 5.17. The van der Waals surface area contributed by atoms with E-state index in [1.165, 1.54) is 0 Å². The van der Waals surface area contributed by atoms with Gasteiger partial charge in [0.2, 0.25) is 0 Å². The number of amides is 1. The highest BCUT2D eigenvalue weighted by Gasteiger charge is 2.42. The summed E-state index contributed by atoms with van der Waals surface area (Å²) >= 11 is 0. The van der Waals surface area contributed by atoms with E-state index in [4.69, 9.17) is 4.74 Å². The van der Waals surface area contributed by atoms with Crippen LogP contribution in [-0.4, -0.2) is 27.6 Å². The molecule has 4 rings (SSSR count). The Morgan fingerprint density at radius 3 is 1.94 bits per heavy atom. The first-order valence-electron chi connectivity index (χ1n) is 10.2. The van der Waals surface area contributed by atoms with E-state index in [1.807, 2.05) is 48.5 Å². The molecule has 2 aromatic carbocycles. The molecule has 6 nitrogen and oxygen atoms in total. The van der Waals surface area contributed by atoms with Crippen LogP contribution in [0.15, 0.2) is 110 Å². The lowest BCUT2D eigenvalue weighted by molar-refractivity contribution is -0.125. The molecule has 0 saturated carbocycles. The van der Waals surface area contributed by atoms with Crippen molar-refractivity contribution in [3.8, 4) is 5.75 Å². The number of carbonyl (C=O) groups excluding carboxylic acids is 1. The van der Waals surface area contributed by atoms with Crippen LogP contribution in [0.5, 0.6) is 5.75 Å². The molecule has 1 unspecified atom stereocenters. The van der Waals surface area contributed by atoms with Crippen LogP contribution in [0.3, 0.4) is 0 Å². The summed E-state index contributed by atoms with van der Waals surface area (Å²) in [6.07, 6.45) is 6.46. The first-order chi connectivity index (χ1) is 15.7. The van der Waals surface area contributed by atoms with Crippen molar-refractivity contribution in [1.29, 1.82) is 0 Å². The number of ether oxygens (including phenoxy) is 1. The minimum absolute atomic E-state index is 0.191. The standard InChI is InChI=1S/C26H23N3O3/c30-24(19-32-23-13-5-2-6-14-23)29-25(20-9-3-1-4-10-20)26(31,21-11-7-15-27-17-21)22-12-8-16-28-18-22/h1-18,25,31H,19H2,(H,29,30). The number of para-hydroxylation sites is 1. The number of pyridine rings is 2. The van der Waals surface area contributed by atoms with Crippen LogP contribution >= 0.6 is 0 Å². The van der Waals surface area contributed by atoms with E-state index in [0.29, 0.717) is 16.9 Å². The molecule has 1 amide bonds. The summed E-state index contributed by atoms with van der Waals surface area (Å²) in [4.78, 5) is 21.3. The van der Waals surface area contributed by atoms with Crippen molar-refractivity contribution >= 4 is 5.91 Å². The monoisotopic (exact) mass is 425 g/mol. The van der Waals surface area contributed by atoms with E-state index >= 15 is 0 Å². The third kappa shape index (κ3) is 4.66. The van der Waals surface area contributed by atoms with Gasteiger partial charge in [0.15, 0.2) is 6.61 Å². The van der Waals surface area contributed by atoms with Crippen molar-refractivity contribution in [2.24, 2.45) is 0 Å². The maximum absolute atomic E-state index is 12.9. The Labute approximate surface area is 186 Å². The van der Waals surface area contributed by atoms with Crippen LogP contribution in [0.4, 0.5) is 0 Å². The zero-order valence-corrected chi connectivity index (χ0v) is 17.3. The van der Waals surface area contributed by atoms with Gasteiger partial charge in [-0.3, -0.25) is 14.8 Å². The Balaban J connectivity index is 1.71. The normalized spacial score (nSPS) is 12.0. The summed E-state index contributed by atoms with van der Waals surface area (Å²) in [5.41, 5.74) is 0.180. The predicted octanol–water partition coefficient (Wildman–Crippen LogP) is 3.65. The van der Waals surface area contributed by atoms with Gasteiger partial charge >= 0.3 is 0 Å². The molecule has 0 aliphatic carbocycles. The maximum atomic E-state index is 12.9. The molecule has 0 aliphatic heterocycles. The summed E-state index contributed by atoms with van der Waals surface area (Å²) < 4.78 is 5.61. The number of carbonyl (C=O) groups is 1. The van der Waals surface area contributed by atoms with Gasteiger partial charge in [-0.05, 0) is 29.8 Å². The van der Waals surface area contributed by atoms with Crippen molar-refractivity contribution in [1.82, 2.24) is 15.3 Å². The molecule has 32 heavy (non-hydrogen) atoms. The average Bonchev–Trinajstić information content (AvgIpc) is 2.88. The SMILES string of the molecule is O=C(COc1ccccc1)NC(c1ccccc1)C(O)(c1cccnc1)c1cccnc1. The van der Waals surface area contributed by atoms with Crippen LogP contribution in [0, 0.1) is 0 Å². The molecule has 2 heterocycles. The fourth-order valence-electron chi connectivity index (χ4n) is 3.62. The lowest BCUT2D eigenvalue weighted by Gasteiger charge is -2.37. The first kappa shape index (κ1) is 21.2. The number of nitrogens with one attached hydrogen (secondary N) is 1. The fraction of sp³-hybridized carbons (Fsp3) is 0.115. The van der Waals surface area contributed by atoms with Crippen LogP contribution in [0.2, 0.25) is 0 Å². The minimum Gasteiger partial charge on any atom is -0.484 e. The molecule has 2 aromatic heterocycles. The molecule has 6 heteroatoms. The smallest absolute Gasteiger partial charge is 0.258 e. The van der Waals surface area contributed by atoms with Crippen LogP contribution in [0.1, 0.15) is 22.7 Å². The van der Waals surface area contributed by atoms with Gasteiger partial charge in [-0.25, -0.2) is 0 Å². The van der Waals surface area contributed by atoms with Crippen LogP contribution < -0.4 is 10.1 Å². The predicted molar refractivity (Wildman–Crippen MR) is 121 cm³/mol. The molecule has 4 aromatic rings. The lowest BCUT2D eigenvalue weighted by atomic mass is 9.78. The van der Waals surface area contributed by atoms with E-state index in [2.05, 4.69) is 15.3 Å². The van der Waals surface area contributed by atoms with Gasteiger partial charge in [0.1, 0.15) is 11.4 Å². The summed E-state index contributed by atoms with van der Waals surface area (Å²) in [5.74, 6) is 0.225. The Kier molecular flexibility index (Phi) is 6.53. The summed E-state index contributed by atoms with van der Waals surface area (Å²) in [6.45, 7) is -0.191.